The molecular weight excluding hydrogens is 370 g/mol. The molecule has 0 atom stereocenters. The minimum atomic E-state index is -0.562. The highest BCUT2D eigenvalue weighted by atomic mass is 16.6. The highest BCUT2D eigenvalue weighted by Crippen LogP contribution is 2.25. The first-order valence-electron chi connectivity index (χ1n) is 9.00. The van der Waals surface area contributed by atoms with Gasteiger partial charge in [0, 0.05) is 11.3 Å². The predicted molar refractivity (Wildman–Crippen MR) is 110 cm³/mol. The Bertz CT molecular complexity index is 981. The first-order chi connectivity index (χ1) is 14.0. The Morgan fingerprint density at radius 3 is 2.17 bits per heavy atom. The molecule has 6 heteroatoms. The molecule has 0 spiro atoms. The highest BCUT2D eigenvalue weighted by Gasteiger charge is 2.11. The van der Waals surface area contributed by atoms with Crippen LogP contribution in [-0.2, 0) is 4.79 Å². The molecule has 0 heterocycles. The van der Waals surface area contributed by atoms with E-state index in [4.69, 9.17) is 14.2 Å². The van der Waals surface area contributed by atoms with Crippen molar-refractivity contribution in [2.24, 2.45) is 0 Å². The van der Waals surface area contributed by atoms with Gasteiger partial charge in [-0.2, -0.15) is 0 Å². The molecule has 0 radical (unpaired) electrons. The number of methoxy groups -OCH3 is 1. The average Bonchev–Trinajstić information content (AvgIpc) is 2.74. The second-order valence-corrected chi connectivity index (χ2v) is 6.26. The van der Waals surface area contributed by atoms with Crippen LogP contribution in [0, 0.1) is 6.92 Å². The normalized spacial score (nSPS) is 10.1. The van der Waals surface area contributed by atoms with Crippen LogP contribution < -0.4 is 19.5 Å². The van der Waals surface area contributed by atoms with Crippen molar-refractivity contribution in [2.75, 3.05) is 19.0 Å². The van der Waals surface area contributed by atoms with Gasteiger partial charge in [-0.05, 0) is 55.5 Å². The van der Waals surface area contributed by atoms with Crippen molar-refractivity contribution in [2.45, 2.75) is 6.92 Å². The smallest absolute Gasteiger partial charge is 0.349 e. The van der Waals surface area contributed by atoms with Crippen LogP contribution in [0.25, 0.3) is 0 Å². The molecule has 3 rings (SSSR count). The van der Waals surface area contributed by atoms with Gasteiger partial charge in [-0.1, -0.05) is 29.8 Å². The van der Waals surface area contributed by atoms with E-state index in [2.05, 4.69) is 5.32 Å². The second kappa shape index (κ2) is 9.41. The summed E-state index contributed by atoms with van der Waals surface area (Å²) in [6.07, 6.45) is 0. The van der Waals surface area contributed by atoms with Gasteiger partial charge in [0.1, 0.15) is 5.75 Å². The van der Waals surface area contributed by atoms with E-state index >= 15 is 0 Å². The van der Waals surface area contributed by atoms with Crippen LogP contribution in [0.3, 0.4) is 0 Å². The number of amides is 1. The molecule has 3 aromatic rings. The van der Waals surface area contributed by atoms with Gasteiger partial charge in [-0.25, -0.2) is 4.79 Å². The Hall–Kier alpha value is -3.80. The fraction of sp³-hybridized carbons (Fsp3) is 0.130. The SMILES string of the molecule is COc1ccccc1OCC(=O)Oc1ccc(C(=O)Nc2ccc(C)cc2)cc1. The van der Waals surface area contributed by atoms with E-state index in [9.17, 15) is 9.59 Å². The molecule has 1 N–H and O–H groups in total. The van der Waals surface area contributed by atoms with Gasteiger partial charge in [0.25, 0.3) is 5.91 Å². The molecule has 0 unspecified atom stereocenters. The fourth-order valence-corrected chi connectivity index (χ4v) is 2.55. The molecule has 0 fully saturated rings. The van der Waals surface area contributed by atoms with Crippen molar-refractivity contribution in [3.63, 3.8) is 0 Å². The lowest BCUT2D eigenvalue weighted by Crippen LogP contribution is -2.18. The number of ether oxygens (including phenoxy) is 3. The van der Waals surface area contributed by atoms with Crippen LogP contribution in [0.5, 0.6) is 17.2 Å². The molecule has 29 heavy (non-hydrogen) atoms. The summed E-state index contributed by atoms with van der Waals surface area (Å²) in [5.74, 6) is 0.504. The van der Waals surface area contributed by atoms with E-state index in [-0.39, 0.29) is 12.5 Å². The molecule has 0 bridgehead atoms. The molecule has 6 nitrogen and oxygen atoms in total. The first-order valence-corrected chi connectivity index (χ1v) is 9.00. The maximum Gasteiger partial charge on any atom is 0.349 e. The average molecular weight is 391 g/mol. The third-order valence-electron chi connectivity index (χ3n) is 4.07. The number of carbonyl (C=O) groups is 2. The van der Waals surface area contributed by atoms with E-state index in [1.54, 1.807) is 48.5 Å². The van der Waals surface area contributed by atoms with Crippen LogP contribution in [0.1, 0.15) is 15.9 Å². The summed E-state index contributed by atoms with van der Waals surface area (Å²) in [7, 11) is 1.52. The van der Waals surface area contributed by atoms with E-state index in [0.717, 1.165) is 5.56 Å². The lowest BCUT2D eigenvalue weighted by molar-refractivity contribution is -0.136. The lowest BCUT2D eigenvalue weighted by Gasteiger charge is -2.10. The molecule has 0 saturated carbocycles. The summed E-state index contributed by atoms with van der Waals surface area (Å²) in [5.41, 5.74) is 2.28. The van der Waals surface area contributed by atoms with Crippen molar-refractivity contribution in [3.8, 4) is 17.2 Å². The summed E-state index contributed by atoms with van der Waals surface area (Å²) >= 11 is 0. The summed E-state index contributed by atoms with van der Waals surface area (Å²) in [5, 5.41) is 2.82. The largest absolute Gasteiger partial charge is 0.493 e. The molecule has 0 aliphatic rings. The Kier molecular flexibility index (Phi) is 6.47. The number of anilines is 1. The number of hydrogen-bond donors (Lipinski definition) is 1. The summed E-state index contributed by atoms with van der Waals surface area (Å²) in [4.78, 5) is 24.3. The topological polar surface area (TPSA) is 73.9 Å². The number of benzene rings is 3. The minimum Gasteiger partial charge on any atom is -0.493 e. The zero-order valence-corrected chi connectivity index (χ0v) is 16.2. The van der Waals surface area contributed by atoms with Crippen LogP contribution in [0.15, 0.2) is 72.8 Å². The number of hydrogen-bond acceptors (Lipinski definition) is 5. The molecule has 0 aliphatic carbocycles. The maximum absolute atomic E-state index is 12.3. The number of para-hydroxylation sites is 2. The Morgan fingerprint density at radius 1 is 0.862 bits per heavy atom. The Balaban J connectivity index is 1.53. The van der Waals surface area contributed by atoms with Crippen molar-refractivity contribution < 1.29 is 23.8 Å². The summed E-state index contributed by atoms with van der Waals surface area (Å²) in [6.45, 7) is 1.71. The van der Waals surface area contributed by atoms with Crippen molar-refractivity contribution in [3.05, 3.63) is 83.9 Å². The second-order valence-electron chi connectivity index (χ2n) is 6.26. The number of aryl methyl sites for hydroxylation is 1. The zero-order chi connectivity index (χ0) is 20.6. The van der Waals surface area contributed by atoms with Gasteiger partial charge in [0.2, 0.25) is 0 Å². The van der Waals surface area contributed by atoms with Crippen LogP contribution >= 0.6 is 0 Å². The van der Waals surface area contributed by atoms with E-state index < -0.39 is 5.97 Å². The summed E-state index contributed by atoms with van der Waals surface area (Å²) in [6, 6.07) is 20.8. The van der Waals surface area contributed by atoms with Crippen LogP contribution in [-0.4, -0.2) is 25.6 Å². The Morgan fingerprint density at radius 2 is 1.52 bits per heavy atom. The number of carbonyl (C=O) groups excluding carboxylic acids is 2. The molecule has 0 saturated heterocycles. The van der Waals surface area contributed by atoms with Crippen molar-refractivity contribution in [1.29, 1.82) is 0 Å². The van der Waals surface area contributed by atoms with Crippen LogP contribution in [0.2, 0.25) is 0 Å². The third kappa shape index (κ3) is 5.59. The number of rotatable bonds is 7. The van der Waals surface area contributed by atoms with Gasteiger partial charge < -0.3 is 19.5 Å². The van der Waals surface area contributed by atoms with E-state index in [1.165, 1.54) is 7.11 Å². The summed E-state index contributed by atoms with van der Waals surface area (Å²) < 4.78 is 15.8. The standard InChI is InChI=1S/C23H21NO5/c1-16-7-11-18(12-8-16)24-23(26)17-9-13-19(14-10-17)29-22(25)15-28-21-6-4-3-5-20(21)27-2/h3-14H,15H2,1-2H3,(H,24,26). The lowest BCUT2D eigenvalue weighted by atomic mass is 10.2. The zero-order valence-electron chi connectivity index (χ0n) is 16.2. The van der Waals surface area contributed by atoms with Gasteiger partial charge >= 0.3 is 5.97 Å². The predicted octanol–water partition coefficient (Wildman–Crippen LogP) is 4.24. The number of esters is 1. The quantitative estimate of drug-likeness (QED) is 0.482. The van der Waals surface area contributed by atoms with Crippen LogP contribution in [0.4, 0.5) is 5.69 Å². The van der Waals surface area contributed by atoms with Crippen molar-refractivity contribution in [1.82, 2.24) is 0 Å². The molecule has 3 aromatic carbocycles. The molecular formula is C23H21NO5. The maximum atomic E-state index is 12.3. The third-order valence-corrected chi connectivity index (χ3v) is 4.07. The number of nitrogens with one attached hydrogen (secondary N) is 1. The van der Waals surface area contributed by atoms with Gasteiger partial charge in [0.05, 0.1) is 7.11 Å². The van der Waals surface area contributed by atoms with Gasteiger partial charge in [-0.15, -0.1) is 0 Å². The van der Waals surface area contributed by atoms with E-state index in [1.807, 2.05) is 31.2 Å². The molecule has 148 valence electrons. The monoisotopic (exact) mass is 391 g/mol. The van der Waals surface area contributed by atoms with Gasteiger partial charge in [-0.3, -0.25) is 4.79 Å². The molecule has 0 aromatic heterocycles. The van der Waals surface area contributed by atoms with E-state index in [0.29, 0.717) is 28.5 Å². The van der Waals surface area contributed by atoms with Gasteiger partial charge in [0.15, 0.2) is 18.1 Å². The van der Waals surface area contributed by atoms with Crippen molar-refractivity contribution >= 4 is 17.6 Å². The fourth-order valence-electron chi connectivity index (χ4n) is 2.55. The minimum absolute atomic E-state index is 0.244. The Labute approximate surface area is 169 Å². The molecule has 1 amide bonds. The first kappa shape index (κ1) is 19.9. The highest BCUT2D eigenvalue weighted by molar-refractivity contribution is 6.04. The molecule has 0 aliphatic heterocycles.